The summed E-state index contributed by atoms with van der Waals surface area (Å²) in [6.07, 6.45) is 1.70. The molecule has 0 radical (unpaired) electrons. The molecule has 0 spiro atoms. The minimum Gasteiger partial charge on any atom is -0.492 e. The molecule has 30 heavy (non-hydrogen) atoms. The Morgan fingerprint density at radius 2 is 1.97 bits per heavy atom. The van der Waals surface area contributed by atoms with Crippen molar-refractivity contribution in [3.8, 4) is 5.75 Å². The van der Waals surface area contributed by atoms with Gasteiger partial charge in [0.2, 0.25) is 10.5 Å². The van der Waals surface area contributed by atoms with E-state index in [1.807, 2.05) is 46.9 Å². The molecular weight excluding hydrogens is 398 g/mol. The fourth-order valence-electron chi connectivity index (χ4n) is 3.94. The van der Waals surface area contributed by atoms with Crippen LogP contribution in [0.1, 0.15) is 5.56 Å². The van der Waals surface area contributed by atoms with E-state index in [1.165, 1.54) is 0 Å². The Hall–Kier alpha value is -3.23. The lowest BCUT2D eigenvalue weighted by Crippen LogP contribution is -2.29. The molecule has 0 saturated carbocycles. The molecule has 0 aliphatic carbocycles. The van der Waals surface area contributed by atoms with Gasteiger partial charge in [0.15, 0.2) is 0 Å². The lowest BCUT2D eigenvalue weighted by Gasteiger charge is -2.18. The van der Waals surface area contributed by atoms with Gasteiger partial charge in [-0.05, 0) is 30.4 Å². The standard InChI is InChI=1S/C22H21N5O2S/c1-2-11-25-20(28)17-8-4-5-9-18(17)27-21(25)23-26(22(27)30)15-24-12-13-29-19-10-6-3-7-16(19)14-24/h2-10H,1,11-15H2. The number of ether oxygens (including phenoxy) is 1. The Bertz CT molecular complexity index is 1380. The molecule has 0 amide bonds. The van der Waals surface area contributed by atoms with Crippen molar-refractivity contribution >= 4 is 28.9 Å². The number of benzene rings is 2. The molecule has 3 heterocycles. The predicted octanol–water partition coefficient (Wildman–Crippen LogP) is 3.22. The van der Waals surface area contributed by atoms with Crippen molar-refractivity contribution < 1.29 is 4.74 Å². The van der Waals surface area contributed by atoms with Crippen LogP contribution in [-0.2, 0) is 19.8 Å². The van der Waals surface area contributed by atoms with Gasteiger partial charge >= 0.3 is 0 Å². The minimum atomic E-state index is -0.0951. The number of aromatic nitrogens is 4. The molecule has 2 aromatic carbocycles. The van der Waals surface area contributed by atoms with Crippen molar-refractivity contribution in [3.05, 3.63) is 81.9 Å². The maximum Gasteiger partial charge on any atom is 0.263 e. The average Bonchev–Trinajstić information content (AvgIpc) is 2.94. The van der Waals surface area contributed by atoms with Gasteiger partial charge in [-0.2, -0.15) is 0 Å². The summed E-state index contributed by atoms with van der Waals surface area (Å²) < 4.78 is 11.7. The Morgan fingerprint density at radius 1 is 1.17 bits per heavy atom. The molecule has 8 heteroatoms. The Kier molecular flexibility index (Phi) is 4.72. The Labute approximate surface area is 178 Å². The normalized spacial score (nSPS) is 14.4. The van der Waals surface area contributed by atoms with Gasteiger partial charge in [0, 0.05) is 25.2 Å². The van der Waals surface area contributed by atoms with Crippen LogP contribution in [-0.4, -0.2) is 36.8 Å². The average molecular weight is 420 g/mol. The number of allylic oxidation sites excluding steroid dienone is 1. The van der Waals surface area contributed by atoms with Crippen LogP contribution < -0.4 is 10.3 Å². The lowest BCUT2D eigenvalue weighted by atomic mass is 10.2. The molecule has 0 saturated heterocycles. The first-order valence-electron chi connectivity index (χ1n) is 9.82. The molecule has 7 nitrogen and oxygen atoms in total. The first-order chi connectivity index (χ1) is 14.7. The van der Waals surface area contributed by atoms with E-state index in [9.17, 15) is 4.79 Å². The third-order valence-electron chi connectivity index (χ3n) is 5.36. The van der Waals surface area contributed by atoms with Gasteiger partial charge in [-0.25, -0.2) is 4.68 Å². The molecule has 0 bridgehead atoms. The summed E-state index contributed by atoms with van der Waals surface area (Å²) in [6.45, 7) is 6.76. The number of rotatable bonds is 4. The molecule has 4 aromatic rings. The molecular formula is C22H21N5O2S. The van der Waals surface area contributed by atoms with Crippen LogP contribution in [0.4, 0.5) is 0 Å². The predicted molar refractivity (Wildman–Crippen MR) is 118 cm³/mol. The van der Waals surface area contributed by atoms with Crippen molar-refractivity contribution in [2.24, 2.45) is 0 Å². The summed E-state index contributed by atoms with van der Waals surface area (Å²) in [4.78, 5) is 15.3. The van der Waals surface area contributed by atoms with E-state index in [-0.39, 0.29) is 5.56 Å². The highest BCUT2D eigenvalue weighted by Gasteiger charge is 2.19. The van der Waals surface area contributed by atoms with Gasteiger partial charge in [-0.15, -0.1) is 11.7 Å². The van der Waals surface area contributed by atoms with E-state index in [1.54, 1.807) is 15.3 Å². The van der Waals surface area contributed by atoms with E-state index >= 15 is 0 Å². The summed E-state index contributed by atoms with van der Waals surface area (Å²) >= 11 is 5.79. The van der Waals surface area contributed by atoms with Crippen molar-refractivity contribution in [2.75, 3.05) is 13.2 Å². The van der Waals surface area contributed by atoms with Crippen LogP contribution in [0.2, 0.25) is 0 Å². The summed E-state index contributed by atoms with van der Waals surface area (Å²) in [5.74, 6) is 1.44. The third-order valence-corrected chi connectivity index (χ3v) is 5.75. The molecule has 2 aromatic heterocycles. The summed E-state index contributed by atoms with van der Waals surface area (Å²) in [7, 11) is 0. The molecule has 0 N–H and O–H groups in total. The van der Waals surface area contributed by atoms with E-state index in [0.717, 1.165) is 29.9 Å². The molecule has 0 fully saturated rings. The SMILES string of the molecule is C=CCn1c(=O)c2ccccc2n2c(=S)n(CN3CCOc4ccccc4C3)nc12. The number of fused-ring (bicyclic) bond motifs is 4. The van der Waals surface area contributed by atoms with Crippen LogP contribution in [0.5, 0.6) is 5.75 Å². The van der Waals surface area contributed by atoms with Crippen molar-refractivity contribution in [1.29, 1.82) is 0 Å². The fourth-order valence-corrected chi connectivity index (χ4v) is 4.22. The van der Waals surface area contributed by atoms with Gasteiger partial charge < -0.3 is 4.74 Å². The summed E-state index contributed by atoms with van der Waals surface area (Å²) in [5, 5.41) is 5.34. The van der Waals surface area contributed by atoms with Crippen molar-refractivity contribution in [2.45, 2.75) is 19.8 Å². The topological polar surface area (TPSA) is 56.7 Å². The zero-order valence-corrected chi connectivity index (χ0v) is 17.2. The summed E-state index contributed by atoms with van der Waals surface area (Å²) in [6, 6.07) is 15.6. The van der Waals surface area contributed by atoms with Crippen LogP contribution in [0.25, 0.3) is 16.7 Å². The quantitative estimate of drug-likeness (QED) is 0.376. The van der Waals surface area contributed by atoms with Crippen LogP contribution in [0.3, 0.4) is 0 Å². The van der Waals surface area contributed by atoms with Gasteiger partial charge in [0.25, 0.3) is 5.56 Å². The second kappa shape index (κ2) is 7.55. The highest BCUT2D eigenvalue weighted by Crippen LogP contribution is 2.23. The molecule has 5 rings (SSSR count). The van der Waals surface area contributed by atoms with E-state index in [4.69, 9.17) is 22.1 Å². The monoisotopic (exact) mass is 419 g/mol. The van der Waals surface area contributed by atoms with Crippen LogP contribution in [0, 0.1) is 4.77 Å². The largest absolute Gasteiger partial charge is 0.492 e. The lowest BCUT2D eigenvalue weighted by molar-refractivity contribution is 0.177. The van der Waals surface area contributed by atoms with Gasteiger partial charge in [0.05, 0.1) is 17.6 Å². The number of nitrogens with zero attached hydrogens (tertiary/aromatic N) is 5. The van der Waals surface area contributed by atoms with Crippen LogP contribution >= 0.6 is 12.2 Å². The van der Waals surface area contributed by atoms with E-state index in [2.05, 4.69) is 17.5 Å². The fraction of sp³-hybridized carbons (Fsp3) is 0.227. The molecule has 1 aliphatic heterocycles. The highest BCUT2D eigenvalue weighted by molar-refractivity contribution is 7.71. The van der Waals surface area contributed by atoms with Crippen molar-refractivity contribution in [3.63, 3.8) is 0 Å². The second-order valence-electron chi connectivity index (χ2n) is 7.29. The molecule has 152 valence electrons. The van der Waals surface area contributed by atoms with E-state index < -0.39 is 0 Å². The van der Waals surface area contributed by atoms with Gasteiger partial charge in [-0.1, -0.05) is 36.4 Å². The molecule has 1 aliphatic rings. The van der Waals surface area contributed by atoms with Crippen LogP contribution in [0.15, 0.2) is 66.0 Å². The number of hydrogen-bond donors (Lipinski definition) is 0. The van der Waals surface area contributed by atoms with Gasteiger partial charge in [0.1, 0.15) is 12.4 Å². The highest BCUT2D eigenvalue weighted by atomic mass is 32.1. The number of hydrogen-bond acceptors (Lipinski definition) is 5. The Balaban J connectivity index is 1.63. The van der Waals surface area contributed by atoms with E-state index in [0.29, 0.717) is 35.8 Å². The first kappa shape index (κ1) is 18.8. The summed E-state index contributed by atoms with van der Waals surface area (Å²) in [5.41, 5.74) is 1.81. The number of para-hydroxylation sites is 2. The molecule has 0 unspecified atom stereocenters. The maximum absolute atomic E-state index is 13.0. The van der Waals surface area contributed by atoms with Crippen molar-refractivity contribution in [1.82, 2.24) is 23.6 Å². The second-order valence-corrected chi connectivity index (χ2v) is 7.65. The van der Waals surface area contributed by atoms with Gasteiger partial charge in [-0.3, -0.25) is 18.7 Å². The zero-order valence-electron chi connectivity index (χ0n) is 16.4. The first-order valence-corrected chi connectivity index (χ1v) is 10.2. The smallest absolute Gasteiger partial charge is 0.263 e. The zero-order chi connectivity index (χ0) is 20.7. The molecule has 0 atom stereocenters. The maximum atomic E-state index is 13.0. The Morgan fingerprint density at radius 3 is 2.83 bits per heavy atom. The third kappa shape index (κ3) is 3.05. The minimum absolute atomic E-state index is 0.0951.